The van der Waals surface area contributed by atoms with E-state index in [0.717, 1.165) is 5.56 Å². The first-order chi connectivity index (χ1) is 15.7. The Hall–Kier alpha value is -2.75. The quantitative estimate of drug-likeness (QED) is 0.612. The van der Waals surface area contributed by atoms with Crippen molar-refractivity contribution in [1.82, 2.24) is 14.5 Å². The van der Waals surface area contributed by atoms with Gasteiger partial charge in [-0.25, -0.2) is 8.42 Å². The molecule has 1 saturated heterocycles. The average molecular weight is 473 g/mol. The first kappa shape index (κ1) is 24.9. The van der Waals surface area contributed by atoms with Gasteiger partial charge in [-0.15, -0.1) is 0 Å². The Balaban J connectivity index is 1.68. The zero-order valence-corrected chi connectivity index (χ0v) is 20.1. The molecule has 0 radical (unpaired) electrons. The van der Waals surface area contributed by atoms with E-state index in [2.05, 4.69) is 15.5 Å². The molecule has 0 aliphatic carbocycles. The monoisotopic (exact) mass is 472 g/mol. The number of sulfonamides is 1. The summed E-state index contributed by atoms with van der Waals surface area (Å²) in [6.07, 6.45) is 0.177. The summed E-state index contributed by atoms with van der Waals surface area (Å²) in [4.78, 5) is 27.7. The number of hydrogen-bond donors (Lipinski definition) is 2. The van der Waals surface area contributed by atoms with Gasteiger partial charge in [-0.05, 0) is 36.7 Å². The summed E-state index contributed by atoms with van der Waals surface area (Å²) in [5.41, 5.74) is 1.23. The van der Waals surface area contributed by atoms with Crippen LogP contribution in [0.25, 0.3) is 0 Å². The van der Waals surface area contributed by atoms with Crippen molar-refractivity contribution in [1.29, 1.82) is 0 Å². The van der Waals surface area contributed by atoms with Crippen molar-refractivity contribution in [2.24, 2.45) is 5.92 Å². The molecular formula is C24H32N4O4S. The minimum absolute atomic E-state index is 0.138. The number of nitrogens with one attached hydrogen (secondary N) is 2. The lowest BCUT2D eigenvalue weighted by molar-refractivity contribution is -0.127. The average Bonchev–Trinajstić information content (AvgIpc) is 2.78. The molecule has 1 fully saturated rings. The molecular weight excluding hydrogens is 440 g/mol. The Kier molecular flexibility index (Phi) is 8.23. The van der Waals surface area contributed by atoms with Crippen LogP contribution >= 0.6 is 0 Å². The normalized spacial score (nSPS) is 16.4. The number of carbonyl (C=O) groups is 2. The lowest BCUT2D eigenvalue weighted by Gasteiger charge is -2.31. The fourth-order valence-electron chi connectivity index (χ4n) is 3.67. The number of nitrogens with zero attached hydrogens (tertiary/aromatic N) is 2. The van der Waals surface area contributed by atoms with Gasteiger partial charge in [0.25, 0.3) is 0 Å². The van der Waals surface area contributed by atoms with Gasteiger partial charge in [-0.2, -0.15) is 4.31 Å². The standard InChI is InChI=1S/C24H32N4O4S/c1-18(2)23(26-22(29)16-19-8-5-4-6-9-19)24(30)25-20-10-7-11-21(17-20)33(31,32)28-14-12-27(3)13-15-28/h4-11,17-18,23H,12-16H2,1-3H3,(H,25,30)(H,26,29). The maximum absolute atomic E-state index is 13.0. The summed E-state index contributed by atoms with van der Waals surface area (Å²) in [6.45, 7) is 5.90. The summed E-state index contributed by atoms with van der Waals surface area (Å²) in [5.74, 6) is -0.788. The maximum Gasteiger partial charge on any atom is 0.247 e. The number of amides is 2. The Morgan fingerprint density at radius 2 is 1.64 bits per heavy atom. The molecule has 0 aromatic heterocycles. The molecule has 2 aromatic carbocycles. The predicted octanol–water partition coefficient (Wildman–Crippen LogP) is 1.94. The van der Waals surface area contributed by atoms with Gasteiger partial charge in [-0.3, -0.25) is 9.59 Å². The van der Waals surface area contributed by atoms with Gasteiger partial charge in [0.2, 0.25) is 21.8 Å². The Morgan fingerprint density at radius 1 is 0.970 bits per heavy atom. The molecule has 2 N–H and O–H groups in total. The third-order valence-corrected chi connectivity index (χ3v) is 7.57. The lowest BCUT2D eigenvalue weighted by Crippen LogP contribution is -2.47. The summed E-state index contributed by atoms with van der Waals surface area (Å²) < 4.78 is 27.5. The molecule has 0 bridgehead atoms. The third kappa shape index (κ3) is 6.63. The summed E-state index contributed by atoms with van der Waals surface area (Å²) in [6, 6.07) is 14.8. The molecule has 2 aromatic rings. The highest BCUT2D eigenvalue weighted by molar-refractivity contribution is 7.89. The third-order valence-electron chi connectivity index (χ3n) is 5.67. The van der Waals surface area contributed by atoms with E-state index in [9.17, 15) is 18.0 Å². The number of anilines is 1. The second-order valence-corrected chi connectivity index (χ2v) is 10.6. The van der Waals surface area contributed by atoms with E-state index >= 15 is 0 Å². The van der Waals surface area contributed by atoms with Crippen molar-refractivity contribution in [3.05, 3.63) is 60.2 Å². The molecule has 0 spiro atoms. The van der Waals surface area contributed by atoms with Crippen molar-refractivity contribution in [2.75, 3.05) is 38.5 Å². The van der Waals surface area contributed by atoms with Crippen LogP contribution in [0.4, 0.5) is 5.69 Å². The molecule has 9 heteroatoms. The molecule has 1 aliphatic heterocycles. The van der Waals surface area contributed by atoms with E-state index in [1.54, 1.807) is 12.1 Å². The fraction of sp³-hybridized carbons (Fsp3) is 0.417. The number of piperazine rings is 1. The lowest BCUT2D eigenvalue weighted by atomic mass is 10.0. The van der Waals surface area contributed by atoms with E-state index in [1.807, 2.05) is 51.2 Å². The van der Waals surface area contributed by atoms with Crippen LogP contribution in [0.5, 0.6) is 0 Å². The van der Waals surface area contributed by atoms with E-state index in [-0.39, 0.29) is 29.0 Å². The van der Waals surface area contributed by atoms with Crippen molar-refractivity contribution in [3.63, 3.8) is 0 Å². The van der Waals surface area contributed by atoms with Crippen molar-refractivity contribution < 1.29 is 18.0 Å². The van der Waals surface area contributed by atoms with Crippen LogP contribution in [-0.4, -0.2) is 68.7 Å². The molecule has 1 atom stereocenters. The second kappa shape index (κ2) is 10.9. The number of rotatable bonds is 8. The predicted molar refractivity (Wildman–Crippen MR) is 128 cm³/mol. The largest absolute Gasteiger partial charge is 0.344 e. The van der Waals surface area contributed by atoms with Gasteiger partial charge >= 0.3 is 0 Å². The molecule has 0 saturated carbocycles. The van der Waals surface area contributed by atoms with Crippen LogP contribution in [0.15, 0.2) is 59.5 Å². The summed E-state index contributed by atoms with van der Waals surface area (Å²) in [5, 5.41) is 5.57. The van der Waals surface area contributed by atoms with Gasteiger partial charge in [-0.1, -0.05) is 50.2 Å². The molecule has 178 valence electrons. The van der Waals surface area contributed by atoms with Gasteiger partial charge < -0.3 is 15.5 Å². The van der Waals surface area contributed by atoms with E-state index in [4.69, 9.17) is 0 Å². The molecule has 1 unspecified atom stereocenters. The van der Waals surface area contributed by atoms with Crippen LogP contribution in [0.1, 0.15) is 19.4 Å². The van der Waals surface area contributed by atoms with Gasteiger partial charge in [0.1, 0.15) is 6.04 Å². The van der Waals surface area contributed by atoms with Gasteiger partial charge in [0.05, 0.1) is 11.3 Å². The topological polar surface area (TPSA) is 98.8 Å². The minimum atomic E-state index is -3.65. The zero-order valence-electron chi connectivity index (χ0n) is 19.3. The molecule has 8 nitrogen and oxygen atoms in total. The van der Waals surface area contributed by atoms with E-state index < -0.39 is 16.1 Å². The molecule has 1 heterocycles. The molecule has 1 aliphatic rings. The smallest absolute Gasteiger partial charge is 0.247 e. The number of carbonyl (C=O) groups excluding carboxylic acids is 2. The number of benzene rings is 2. The Morgan fingerprint density at radius 3 is 2.27 bits per heavy atom. The van der Waals surface area contributed by atoms with Crippen LogP contribution < -0.4 is 10.6 Å². The SMILES string of the molecule is CC(C)C(NC(=O)Cc1ccccc1)C(=O)Nc1cccc(S(=O)(=O)N2CCN(C)CC2)c1. The van der Waals surface area contributed by atoms with Crippen LogP contribution in [0.2, 0.25) is 0 Å². The Labute approximate surface area is 196 Å². The van der Waals surface area contributed by atoms with Crippen molar-refractivity contribution in [2.45, 2.75) is 31.2 Å². The van der Waals surface area contributed by atoms with E-state index in [0.29, 0.717) is 31.9 Å². The van der Waals surface area contributed by atoms with E-state index in [1.165, 1.54) is 16.4 Å². The van der Waals surface area contributed by atoms with Crippen molar-refractivity contribution in [3.8, 4) is 0 Å². The first-order valence-corrected chi connectivity index (χ1v) is 12.5. The van der Waals surface area contributed by atoms with Gasteiger partial charge in [0, 0.05) is 31.9 Å². The highest BCUT2D eigenvalue weighted by atomic mass is 32.2. The molecule has 2 amide bonds. The number of likely N-dealkylation sites (N-methyl/N-ethyl adjacent to an activating group) is 1. The molecule has 33 heavy (non-hydrogen) atoms. The maximum atomic E-state index is 13.0. The summed E-state index contributed by atoms with van der Waals surface area (Å²) >= 11 is 0. The summed E-state index contributed by atoms with van der Waals surface area (Å²) in [7, 11) is -1.69. The molecule has 3 rings (SSSR count). The van der Waals surface area contributed by atoms with Crippen LogP contribution in [-0.2, 0) is 26.0 Å². The highest BCUT2D eigenvalue weighted by Crippen LogP contribution is 2.21. The van der Waals surface area contributed by atoms with Crippen LogP contribution in [0, 0.1) is 5.92 Å². The highest BCUT2D eigenvalue weighted by Gasteiger charge is 2.28. The second-order valence-electron chi connectivity index (χ2n) is 8.68. The first-order valence-electron chi connectivity index (χ1n) is 11.1. The Bertz CT molecular complexity index is 1060. The van der Waals surface area contributed by atoms with Gasteiger partial charge in [0.15, 0.2) is 0 Å². The van der Waals surface area contributed by atoms with Crippen molar-refractivity contribution >= 4 is 27.5 Å². The number of hydrogen-bond acceptors (Lipinski definition) is 5. The van der Waals surface area contributed by atoms with Crippen LogP contribution in [0.3, 0.4) is 0 Å². The minimum Gasteiger partial charge on any atom is -0.344 e. The zero-order chi connectivity index (χ0) is 24.0. The fourth-order valence-corrected chi connectivity index (χ4v) is 5.14.